The van der Waals surface area contributed by atoms with Crippen molar-refractivity contribution in [3.8, 4) is 0 Å². The molecule has 3 rings (SSSR count). The fourth-order valence-corrected chi connectivity index (χ4v) is 1.48. The average molecular weight is 341 g/mol. The monoisotopic (exact) mass is 340 g/mol. The van der Waals surface area contributed by atoms with Gasteiger partial charge in [-0.2, -0.15) is 0 Å². The third-order valence-electron chi connectivity index (χ3n) is 5.34. The first-order valence-corrected chi connectivity index (χ1v) is 11.3. The van der Waals surface area contributed by atoms with Crippen LogP contribution in [-0.2, 0) is 0 Å². The maximum atomic E-state index is 2.30. The van der Waals surface area contributed by atoms with Gasteiger partial charge in [0.2, 0.25) is 0 Å². The summed E-state index contributed by atoms with van der Waals surface area (Å²) < 4.78 is 0. The summed E-state index contributed by atoms with van der Waals surface area (Å²) in [5.74, 6) is 5.20. The molecule has 0 N–H and O–H groups in total. The molecule has 0 aromatic heterocycles. The Morgan fingerprint density at radius 3 is 0.917 bits per heavy atom. The maximum Gasteiger partial charge on any atom is -0.0414 e. The van der Waals surface area contributed by atoms with E-state index in [0.717, 1.165) is 29.6 Å². The van der Waals surface area contributed by atoms with Crippen LogP contribution >= 0.6 is 0 Å². The molecular weight excluding hydrogens is 288 g/mol. The third kappa shape index (κ3) is 29.9. The Bertz CT molecular complexity index is 202. The van der Waals surface area contributed by atoms with Gasteiger partial charge in [0.25, 0.3) is 0 Å². The lowest BCUT2D eigenvalue weighted by atomic mass is 10.1. The van der Waals surface area contributed by atoms with Crippen LogP contribution in [0.1, 0.15) is 127 Å². The minimum atomic E-state index is 0.935. The zero-order valence-corrected chi connectivity index (χ0v) is 19.0. The molecule has 148 valence electrons. The lowest BCUT2D eigenvalue weighted by Crippen LogP contribution is -1.85. The minimum absolute atomic E-state index is 0.935. The van der Waals surface area contributed by atoms with Crippen molar-refractivity contribution < 1.29 is 0 Å². The van der Waals surface area contributed by atoms with Gasteiger partial charge in [0.05, 0.1) is 0 Å². The molecule has 0 spiro atoms. The van der Waals surface area contributed by atoms with E-state index in [1.165, 1.54) is 64.2 Å². The molecule has 0 bridgehead atoms. The van der Waals surface area contributed by atoms with Crippen LogP contribution in [0.25, 0.3) is 0 Å². The molecule has 3 aliphatic carbocycles. The van der Waals surface area contributed by atoms with Gasteiger partial charge < -0.3 is 0 Å². The lowest BCUT2D eigenvalue weighted by molar-refractivity contribution is 0.544. The molecule has 3 aliphatic rings. The van der Waals surface area contributed by atoms with Crippen molar-refractivity contribution in [1.82, 2.24) is 0 Å². The van der Waals surface area contributed by atoms with Crippen LogP contribution in [0.3, 0.4) is 0 Å². The molecule has 0 aromatic rings. The Morgan fingerprint density at radius 2 is 0.917 bits per heavy atom. The van der Waals surface area contributed by atoms with Gasteiger partial charge in [-0.25, -0.2) is 0 Å². The average Bonchev–Trinajstić information content (AvgIpc) is 3.48. The normalized spacial score (nSPS) is 23.2. The summed E-state index contributed by atoms with van der Waals surface area (Å²) in [6.07, 6.45) is 14.2. The summed E-state index contributed by atoms with van der Waals surface area (Å²) in [4.78, 5) is 0. The first-order valence-electron chi connectivity index (χ1n) is 11.3. The van der Waals surface area contributed by atoms with Gasteiger partial charge in [-0.15, -0.1) is 0 Å². The van der Waals surface area contributed by atoms with Gasteiger partial charge in [0.1, 0.15) is 0 Å². The Hall–Kier alpha value is 0. The summed E-state index contributed by atoms with van der Waals surface area (Å²) in [5, 5.41) is 0. The van der Waals surface area contributed by atoms with Crippen molar-refractivity contribution in [2.75, 3.05) is 0 Å². The van der Waals surface area contributed by atoms with Gasteiger partial charge in [-0.05, 0) is 36.0 Å². The van der Waals surface area contributed by atoms with Gasteiger partial charge in [-0.3, -0.25) is 0 Å². The van der Waals surface area contributed by atoms with E-state index in [1.54, 1.807) is 0 Å². The molecule has 0 aliphatic heterocycles. The number of unbranched alkanes of at least 4 members (excludes halogenated alkanes) is 2. The van der Waals surface area contributed by atoms with Gasteiger partial charge in [0.15, 0.2) is 0 Å². The molecular formula is C24H52. The van der Waals surface area contributed by atoms with E-state index in [9.17, 15) is 0 Å². The molecule has 3 fully saturated rings. The molecule has 0 aromatic carbocycles. The Kier molecular flexibility index (Phi) is 19.5. The number of rotatable bonds is 4. The molecule has 0 saturated heterocycles. The molecule has 2 atom stereocenters. The standard InChI is InChI=1S/C6H14.C5H10.C5H12.2C4H8/c1-4-6(3)5-2;1-4-3-5(4)2;1-3-5-4-2;2*1-4-2-3-4/h6H,4-5H2,1-3H3;4-5H,3H2,1-2H3;3-5H2,1-2H3;2*4H,2-3H2,1H3. The Labute approximate surface area is 156 Å². The van der Waals surface area contributed by atoms with Crippen molar-refractivity contribution in [2.24, 2.45) is 29.6 Å². The summed E-state index contributed by atoms with van der Waals surface area (Å²) in [7, 11) is 0. The van der Waals surface area contributed by atoms with E-state index < -0.39 is 0 Å². The van der Waals surface area contributed by atoms with Crippen LogP contribution in [0.5, 0.6) is 0 Å². The molecule has 0 amide bonds. The molecule has 0 nitrogen and oxygen atoms in total. The molecule has 0 heterocycles. The second-order valence-corrected chi connectivity index (χ2v) is 8.83. The SMILES string of the molecule is CC1CC1.CC1CC1.CC1CC1C.CCC(C)CC.CCCCC. The van der Waals surface area contributed by atoms with Crippen molar-refractivity contribution in [3.05, 3.63) is 0 Å². The summed E-state index contributed by atoms with van der Waals surface area (Å²) >= 11 is 0. The van der Waals surface area contributed by atoms with Crippen molar-refractivity contribution in [2.45, 2.75) is 127 Å². The molecule has 24 heavy (non-hydrogen) atoms. The smallest absolute Gasteiger partial charge is 0.0414 e. The van der Waals surface area contributed by atoms with Crippen LogP contribution in [-0.4, -0.2) is 0 Å². The zero-order chi connectivity index (χ0) is 19.0. The van der Waals surface area contributed by atoms with Crippen molar-refractivity contribution in [1.29, 1.82) is 0 Å². The van der Waals surface area contributed by atoms with Crippen LogP contribution < -0.4 is 0 Å². The van der Waals surface area contributed by atoms with E-state index in [-0.39, 0.29) is 0 Å². The fourth-order valence-electron chi connectivity index (χ4n) is 1.48. The van der Waals surface area contributed by atoms with E-state index in [1.807, 2.05) is 0 Å². The molecule has 0 radical (unpaired) electrons. The van der Waals surface area contributed by atoms with E-state index >= 15 is 0 Å². The second kappa shape index (κ2) is 17.8. The highest BCUT2D eigenvalue weighted by Gasteiger charge is 2.26. The highest BCUT2D eigenvalue weighted by Crippen LogP contribution is 2.36. The zero-order valence-electron chi connectivity index (χ0n) is 19.0. The van der Waals surface area contributed by atoms with Crippen LogP contribution in [0.4, 0.5) is 0 Å². The lowest BCUT2D eigenvalue weighted by Gasteiger charge is -1.98. The van der Waals surface area contributed by atoms with E-state index in [2.05, 4.69) is 62.3 Å². The van der Waals surface area contributed by atoms with Crippen molar-refractivity contribution >= 4 is 0 Å². The van der Waals surface area contributed by atoms with E-state index in [0.29, 0.717) is 0 Å². The largest absolute Gasteiger partial charge is 0.0654 e. The first-order chi connectivity index (χ1) is 11.3. The quantitative estimate of drug-likeness (QED) is 0.478. The summed E-state index contributed by atoms with van der Waals surface area (Å²) in [6.45, 7) is 20.3. The Balaban J connectivity index is 0. The fraction of sp³-hybridized carbons (Fsp3) is 1.00. The molecule has 2 unspecified atom stereocenters. The van der Waals surface area contributed by atoms with E-state index in [4.69, 9.17) is 0 Å². The number of hydrogen-bond donors (Lipinski definition) is 0. The topological polar surface area (TPSA) is 0 Å². The van der Waals surface area contributed by atoms with Crippen LogP contribution in [0.2, 0.25) is 0 Å². The molecule has 0 heteroatoms. The van der Waals surface area contributed by atoms with Crippen molar-refractivity contribution in [3.63, 3.8) is 0 Å². The predicted molar refractivity (Wildman–Crippen MR) is 115 cm³/mol. The Morgan fingerprint density at radius 1 is 0.667 bits per heavy atom. The summed E-state index contributed by atoms with van der Waals surface area (Å²) in [5.41, 5.74) is 0. The van der Waals surface area contributed by atoms with Crippen LogP contribution in [0, 0.1) is 29.6 Å². The number of hydrogen-bond acceptors (Lipinski definition) is 0. The highest BCUT2D eigenvalue weighted by atomic mass is 14.3. The minimum Gasteiger partial charge on any atom is -0.0654 e. The predicted octanol–water partition coefficient (Wildman–Crippen LogP) is 9.13. The third-order valence-corrected chi connectivity index (χ3v) is 5.34. The second-order valence-electron chi connectivity index (χ2n) is 8.83. The van der Waals surface area contributed by atoms with Crippen LogP contribution in [0.15, 0.2) is 0 Å². The summed E-state index contributed by atoms with van der Waals surface area (Å²) in [6, 6.07) is 0. The van der Waals surface area contributed by atoms with Gasteiger partial charge in [-0.1, -0.05) is 120 Å². The van der Waals surface area contributed by atoms with Gasteiger partial charge in [0, 0.05) is 0 Å². The molecule has 3 saturated carbocycles. The van der Waals surface area contributed by atoms with Gasteiger partial charge >= 0.3 is 0 Å². The highest BCUT2D eigenvalue weighted by molar-refractivity contribution is 4.76. The first kappa shape index (κ1) is 26.2. The maximum absolute atomic E-state index is 2.30.